The Kier molecular flexibility index (Phi) is 9.76. The number of nitrogens with zero attached hydrogens (tertiary/aromatic N) is 1. The van der Waals surface area contributed by atoms with Crippen LogP contribution in [0.15, 0.2) is 63.3 Å². The van der Waals surface area contributed by atoms with Crippen LogP contribution in [0.25, 0.3) is 0 Å². The number of nitrogen functional groups attached to an aromatic ring is 1. The normalized spacial score (nSPS) is 13.1. The largest absolute Gasteiger partial charge is 1.00 e. The fourth-order valence-corrected chi connectivity index (χ4v) is 5.23. The van der Waals surface area contributed by atoms with Gasteiger partial charge in [-0.2, -0.15) is 8.42 Å². The molecule has 3 aromatic rings. The van der Waals surface area contributed by atoms with E-state index in [4.69, 9.17) is 5.73 Å². The van der Waals surface area contributed by atoms with Crippen molar-refractivity contribution >= 4 is 60.5 Å². The molecule has 0 unspecified atom stereocenters. The van der Waals surface area contributed by atoms with Crippen molar-refractivity contribution in [1.29, 1.82) is 0 Å². The molecule has 186 valence electrons. The van der Waals surface area contributed by atoms with Crippen molar-refractivity contribution < 1.29 is 99.8 Å². The Morgan fingerprint density at radius 1 is 0.921 bits per heavy atom. The molecule has 0 saturated heterocycles. The molecule has 1 aliphatic carbocycles. The van der Waals surface area contributed by atoms with E-state index < -0.39 is 81.1 Å². The number of carbonyl (C=O) groups excluding carboxylic acids is 2. The second-order valence-corrected chi connectivity index (χ2v) is 10.4. The molecule has 0 fully saturated rings. The molecule has 0 bridgehead atoms. The predicted molar refractivity (Wildman–Crippen MR) is 124 cm³/mol. The summed E-state index contributed by atoms with van der Waals surface area (Å²) in [5.74, 6) is -2.56. The Labute approximate surface area is 261 Å². The maximum Gasteiger partial charge on any atom is 1.00 e. The van der Waals surface area contributed by atoms with E-state index >= 15 is 0 Å². The number of anilines is 3. The van der Waals surface area contributed by atoms with Gasteiger partial charge in [0.15, 0.2) is 11.6 Å². The maximum atomic E-state index is 13.5. The Balaban J connectivity index is 0.00000253. The van der Waals surface area contributed by atoms with Crippen molar-refractivity contribution in [2.24, 2.45) is 4.99 Å². The van der Waals surface area contributed by atoms with Gasteiger partial charge in [-0.3, -0.25) is 19.1 Å². The number of hydrogen-bond acceptors (Lipinski definition) is 11. The number of nitrogens with one attached hydrogen (secondary N) is 1. The maximum absolute atomic E-state index is 13.5. The van der Waals surface area contributed by atoms with Crippen LogP contribution in [0.5, 0.6) is 0 Å². The van der Waals surface area contributed by atoms with E-state index in [0.717, 1.165) is 24.3 Å². The number of rotatable bonds is 5. The summed E-state index contributed by atoms with van der Waals surface area (Å²) < 4.78 is 69.4. The number of carbonyl (C=O) groups is 2. The van der Waals surface area contributed by atoms with Gasteiger partial charge in [0.25, 0.3) is 10.1 Å². The molecule has 4 rings (SSSR count). The summed E-state index contributed by atoms with van der Waals surface area (Å²) in [6, 6.07) is 9.40. The van der Waals surface area contributed by atoms with Crippen LogP contribution in [0, 0.1) is 0 Å². The van der Waals surface area contributed by atoms with E-state index in [9.17, 15) is 40.6 Å². The van der Waals surface area contributed by atoms with E-state index in [1.807, 2.05) is 0 Å². The van der Waals surface area contributed by atoms with Gasteiger partial charge in [0, 0.05) is 16.9 Å². The molecule has 16 heteroatoms. The minimum Gasteiger partial charge on any atom is -0.862 e. The number of ketones is 2. The molecule has 0 aromatic heterocycles. The van der Waals surface area contributed by atoms with Gasteiger partial charge in [-0.1, -0.05) is 12.1 Å². The van der Waals surface area contributed by atoms with E-state index in [1.54, 1.807) is 0 Å². The smallest absolute Gasteiger partial charge is 0.862 e. The van der Waals surface area contributed by atoms with Gasteiger partial charge in [0.2, 0.25) is 0 Å². The summed E-state index contributed by atoms with van der Waals surface area (Å²) in [7, 11) is -10.2. The zero-order valence-corrected chi connectivity index (χ0v) is 25.8. The molecule has 3 aromatic carbocycles. The van der Waals surface area contributed by atoms with E-state index in [1.165, 1.54) is 31.2 Å². The summed E-state index contributed by atoms with van der Waals surface area (Å²) >= 11 is 0. The van der Waals surface area contributed by atoms with Crippen LogP contribution >= 0.6 is 0 Å². The quantitative estimate of drug-likeness (QED) is 0.0675. The van der Waals surface area contributed by atoms with Crippen molar-refractivity contribution in [1.82, 2.24) is 0 Å². The van der Waals surface area contributed by atoms with Gasteiger partial charge in [-0.15, -0.1) is 0 Å². The van der Waals surface area contributed by atoms with Crippen LogP contribution in [0.3, 0.4) is 0 Å². The number of aliphatic imine (C=N–C) groups is 1. The average molecular weight is 575 g/mol. The molecule has 0 amide bonds. The van der Waals surface area contributed by atoms with Crippen molar-refractivity contribution in [3.63, 3.8) is 0 Å². The first-order chi connectivity index (χ1) is 16.7. The molecule has 0 radical (unpaired) electrons. The second-order valence-electron chi connectivity index (χ2n) is 7.66. The number of nitrogens with two attached hydrogens (primary N) is 1. The summed E-state index contributed by atoms with van der Waals surface area (Å²) in [4.78, 5) is 28.8. The zero-order chi connectivity index (χ0) is 26.6. The van der Waals surface area contributed by atoms with Gasteiger partial charge in [-0.25, -0.2) is 8.42 Å². The third kappa shape index (κ3) is 6.04. The molecule has 4 N–H and O–H groups in total. The number of benzene rings is 3. The minimum absolute atomic E-state index is 0. The van der Waals surface area contributed by atoms with Crippen LogP contribution in [-0.2, 0) is 20.2 Å². The van der Waals surface area contributed by atoms with Crippen LogP contribution in [-0.4, -0.2) is 43.4 Å². The molecule has 0 spiro atoms. The Bertz CT molecular complexity index is 1720. The van der Waals surface area contributed by atoms with Crippen molar-refractivity contribution in [3.8, 4) is 0 Å². The van der Waals surface area contributed by atoms with Crippen molar-refractivity contribution in [3.05, 3.63) is 70.8 Å². The van der Waals surface area contributed by atoms with E-state index in [-0.39, 0.29) is 70.5 Å². The molecule has 0 atom stereocenters. The van der Waals surface area contributed by atoms with Gasteiger partial charge < -0.3 is 20.7 Å². The first-order valence-electron chi connectivity index (χ1n) is 9.92. The molecule has 12 nitrogen and oxygen atoms in total. The van der Waals surface area contributed by atoms with Crippen LogP contribution in [0.2, 0.25) is 0 Å². The third-order valence-corrected chi connectivity index (χ3v) is 7.00. The zero-order valence-electron chi connectivity index (χ0n) is 20.2. The SMILES string of the molecule is CC([O-])=Nc1ccc(Nc2c(S(=O)(=O)O)cc(N)c3c2C(=O)c2cccc(S(=O)(=O)[O-])c2C3=O)cc1.[Na+].[Na+]. The van der Waals surface area contributed by atoms with Crippen molar-refractivity contribution in [2.75, 3.05) is 11.1 Å². The van der Waals surface area contributed by atoms with Gasteiger partial charge in [0.1, 0.15) is 15.0 Å². The molecule has 0 aliphatic heterocycles. The molecule has 0 heterocycles. The molecular formula is C22H15N3Na2O9S2. The Morgan fingerprint density at radius 2 is 1.53 bits per heavy atom. The van der Waals surface area contributed by atoms with Crippen LogP contribution in [0.4, 0.5) is 22.7 Å². The van der Waals surface area contributed by atoms with Gasteiger partial charge in [-0.05, 0) is 49.2 Å². The van der Waals surface area contributed by atoms with Gasteiger partial charge in [0.05, 0.1) is 33.0 Å². The fraction of sp³-hybridized carbons (Fsp3) is 0.0455. The van der Waals surface area contributed by atoms with E-state index in [2.05, 4.69) is 10.3 Å². The summed E-state index contributed by atoms with van der Waals surface area (Å²) in [6.45, 7) is 1.25. The Morgan fingerprint density at radius 3 is 2.05 bits per heavy atom. The van der Waals surface area contributed by atoms with E-state index in [0.29, 0.717) is 0 Å². The topological polar surface area (TPSA) is 219 Å². The molecule has 0 saturated carbocycles. The molecular weight excluding hydrogens is 560 g/mol. The summed E-state index contributed by atoms with van der Waals surface area (Å²) in [6.07, 6.45) is 0. The minimum atomic E-state index is -5.17. The first kappa shape index (κ1) is 32.1. The molecule has 1 aliphatic rings. The first-order valence-corrected chi connectivity index (χ1v) is 12.8. The number of hydrogen-bond donors (Lipinski definition) is 3. The van der Waals surface area contributed by atoms with Crippen LogP contribution < -0.4 is 75.3 Å². The third-order valence-electron chi connectivity index (χ3n) is 5.24. The second kappa shape index (κ2) is 11.6. The fourth-order valence-electron chi connectivity index (χ4n) is 3.85. The summed E-state index contributed by atoms with van der Waals surface area (Å²) in [5, 5.41) is 13.8. The molecule has 38 heavy (non-hydrogen) atoms. The monoisotopic (exact) mass is 575 g/mol. The standard InChI is InChI=1S/C22H17N3O9S2.2Na/c1-10(26)24-11-5-7-12(8-6-11)25-20-16(36(32,33)34)9-14(23)18-19(20)21(27)13-3-2-4-15(35(29,30)31)17(13)22(18)28;;/h2-9,25H,23H2,1H3,(H,24,26)(H,29,30,31)(H,32,33,34);;/q;2*+1/p-2. The van der Waals surface area contributed by atoms with Crippen LogP contribution in [0.1, 0.15) is 38.8 Å². The Hall–Kier alpha value is -2.11. The van der Waals surface area contributed by atoms with Crippen molar-refractivity contribution in [2.45, 2.75) is 16.7 Å². The number of fused-ring (bicyclic) bond motifs is 2. The average Bonchev–Trinajstić information content (AvgIpc) is 2.77. The predicted octanol–water partition coefficient (Wildman–Crippen LogP) is -4.64. The van der Waals surface area contributed by atoms with Gasteiger partial charge >= 0.3 is 59.1 Å². The summed E-state index contributed by atoms with van der Waals surface area (Å²) in [5.41, 5.74) is 3.08.